The maximum absolute atomic E-state index is 6.57. The monoisotopic (exact) mass is 620 g/mol. The SMILES string of the molecule is c1ccc(-c2c3ccccc3c(-c3ccc4c(c3)c3ccccc3c3cc5c(cc43)oc3ccc4ccccc4c35)c3ccccc23)cc1. The summed E-state index contributed by atoms with van der Waals surface area (Å²) in [5, 5.41) is 17.3. The van der Waals surface area contributed by atoms with Crippen LogP contribution in [-0.4, -0.2) is 0 Å². The molecule has 1 heteroatoms. The van der Waals surface area contributed by atoms with Crippen molar-refractivity contribution >= 4 is 86.6 Å². The molecule has 1 nitrogen and oxygen atoms in total. The van der Waals surface area contributed by atoms with Crippen LogP contribution in [-0.2, 0) is 0 Å². The summed E-state index contributed by atoms with van der Waals surface area (Å²) in [6.45, 7) is 0. The number of hydrogen-bond donors (Lipinski definition) is 0. The van der Waals surface area contributed by atoms with E-state index in [0.29, 0.717) is 0 Å². The molecular formula is C48H28O. The summed E-state index contributed by atoms with van der Waals surface area (Å²) in [5.41, 5.74) is 6.88. The van der Waals surface area contributed by atoms with Crippen molar-refractivity contribution in [3.63, 3.8) is 0 Å². The first-order chi connectivity index (χ1) is 24.3. The summed E-state index contributed by atoms with van der Waals surface area (Å²) in [4.78, 5) is 0. The van der Waals surface area contributed by atoms with Gasteiger partial charge in [0.05, 0.1) is 0 Å². The number of benzene rings is 10. The van der Waals surface area contributed by atoms with Gasteiger partial charge in [-0.3, -0.25) is 0 Å². The van der Waals surface area contributed by atoms with Crippen LogP contribution in [0.25, 0.3) is 109 Å². The van der Waals surface area contributed by atoms with Crippen LogP contribution in [0.2, 0.25) is 0 Å². The minimum Gasteiger partial charge on any atom is -0.456 e. The van der Waals surface area contributed by atoms with Gasteiger partial charge in [-0.25, -0.2) is 0 Å². The van der Waals surface area contributed by atoms with Gasteiger partial charge in [-0.1, -0.05) is 146 Å². The summed E-state index contributed by atoms with van der Waals surface area (Å²) in [5.74, 6) is 0. The molecule has 0 N–H and O–H groups in total. The molecule has 0 saturated heterocycles. The lowest BCUT2D eigenvalue weighted by atomic mass is 9.85. The van der Waals surface area contributed by atoms with Crippen LogP contribution >= 0.6 is 0 Å². The van der Waals surface area contributed by atoms with Gasteiger partial charge in [0.25, 0.3) is 0 Å². The fraction of sp³-hybridized carbons (Fsp3) is 0. The first-order valence-electron chi connectivity index (χ1n) is 16.9. The number of furan rings is 1. The van der Waals surface area contributed by atoms with Crippen LogP contribution in [0.3, 0.4) is 0 Å². The van der Waals surface area contributed by atoms with Crippen molar-refractivity contribution in [2.75, 3.05) is 0 Å². The van der Waals surface area contributed by atoms with Crippen LogP contribution < -0.4 is 0 Å². The molecule has 11 aromatic rings. The summed E-state index contributed by atoms with van der Waals surface area (Å²) in [6.07, 6.45) is 0. The van der Waals surface area contributed by atoms with E-state index < -0.39 is 0 Å². The molecule has 0 saturated carbocycles. The molecule has 226 valence electrons. The summed E-state index contributed by atoms with van der Waals surface area (Å²) < 4.78 is 6.57. The van der Waals surface area contributed by atoms with Crippen molar-refractivity contribution in [2.24, 2.45) is 0 Å². The van der Waals surface area contributed by atoms with Gasteiger partial charge >= 0.3 is 0 Å². The van der Waals surface area contributed by atoms with Gasteiger partial charge in [-0.2, -0.15) is 0 Å². The summed E-state index contributed by atoms with van der Waals surface area (Å²) in [7, 11) is 0. The fourth-order valence-electron chi connectivity index (χ4n) is 8.50. The van der Waals surface area contributed by atoms with E-state index in [1.54, 1.807) is 0 Å². The van der Waals surface area contributed by atoms with Crippen molar-refractivity contribution in [3.8, 4) is 22.3 Å². The van der Waals surface area contributed by atoms with Crippen LogP contribution in [0, 0.1) is 0 Å². The summed E-state index contributed by atoms with van der Waals surface area (Å²) in [6, 6.07) is 62.0. The summed E-state index contributed by atoms with van der Waals surface area (Å²) >= 11 is 0. The minimum atomic E-state index is 0.924. The molecule has 0 amide bonds. The highest BCUT2D eigenvalue weighted by Gasteiger charge is 2.19. The van der Waals surface area contributed by atoms with Crippen molar-refractivity contribution in [3.05, 3.63) is 170 Å². The second kappa shape index (κ2) is 10.0. The lowest BCUT2D eigenvalue weighted by Gasteiger charge is -2.18. The van der Waals surface area contributed by atoms with Gasteiger partial charge in [0.15, 0.2) is 0 Å². The number of fused-ring (bicyclic) bond motifs is 13. The molecule has 0 radical (unpaired) electrons. The molecule has 0 aliphatic rings. The molecule has 1 aromatic heterocycles. The number of rotatable bonds is 2. The van der Waals surface area contributed by atoms with Crippen molar-refractivity contribution in [2.45, 2.75) is 0 Å². The number of hydrogen-bond acceptors (Lipinski definition) is 1. The smallest absolute Gasteiger partial charge is 0.136 e. The molecule has 0 fully saturated rings. The van der Waals surface area contributed by atoms with Gasteiger partial charge < -0.3 is 4.42 Å². The average Bonchev–Trinajstić information content (AvgIpc) is 3.54. The van der Waals surface area contributed by atoms with E-state index in [2.05, 4.69) is 170 Å². The van der Waals surface area contributed by atoms with E-state index in [0.717, 1.165) is 16.6 Å². The van der Waals surface area contributed by atoms with E-state index in [1.165, 1.54) is 92.3 Å². The Hall–Kier alpha value is -6.44. The minimum absolute atomic E-state index is 0.924. The lowest BCUT2D eigenvalue weighted by molar-refractivity contribution is 0.670. The normalized spacial score (nSPS) is 12.1. The van der Waals surface area contributed by atoms with Crippen LogP contribution in [0.4, 0.5) is 0 Å². The largest absolute Gasteiger partial charge is 0.456 e. The molecule has 0 spiro atoms. The second-order valence-corrected chi connectivity index (χ2v) is 13.2. The average molecular weight is 621 g/mol. The third-order valence-electron chi connectivity index (χ3n) is 10.6. The zero-order chi connectivity index (χ0) is 32.1. The highest BCUT2D eigenvalue weighted by atomic mass is 16.3. The Morgan fingerprint density at radius 2 is 0.776 bits per heavy atom. The molecule has 0 bridgehead atoms. The molecule has 11 rings (SSSR count). The molecule has 1 heterocycles. The highest BCUT2D eigenvalue weighted by Crippen LogP contribution is 2.46. The Kier molecular flexibility index (Phi) is 5.45. The van der Waals surface area contributed by atoms with Crippen molar-refractivity contribution in [1.82, 2.24) is 0 Å². The van der Waals surface area contributed by atoms with Gasteiger partial charge in [0.2, 0.25) is 0 Å². The molecule has 0 aliphatic heterocycles. The molecule has 0 unspecified atom stereocenters. The van der Waals surface area contributed by atoms with E-state index in [4.69, 9.17) is 4.42 Å². The molecule has 0 atom stereocenters. The first kappa shape index (κ1) is 26.6. The van der Waals surface area contributed by atoms with Gasteiger partial charge in [0, 0.05) is 10.8 Å². The van der Waals surface area contributed by atoms with Crippen LogP contribution in [0.15, 0.2) is 174 Å². The third kappa shape index (κ3) is 3.76. The van der Waals surface area contributed by atoms with Gasteiger partial charge in [0.1, 0.15) is 11.2 Å². The lowest BCUT2D eigenvalue weighted by Crippen LogP contribution is -1.91. The highest BCUT2D eigenvalue weighted by molar-refractivity contribution is 6.31. The standard InChI is InChI=1S/C48H28O/c1-2-13-30(14-3-1)46-36-18-8-10-20-38(36)47(39-21-11-9-19-37(39)46)31-22-24-35-40(26-31)33-16-6-7-17-34(33)41-27-43-45(28-42(35)41)49-44-25-23-29-12-4-5-15-32(29)48(43)44/h1-28H. The topological polar surface area (TPSA) is 13.1 Å². The van der Waals surface area contributed by atoms with Crippen molar-refractivity contribution < 1.29 is 4.42 Å². The zero-order valence-electron chi connectivity index (χ0n) is 26.6. The zero-order valence-corrected chi connectivity index (χ0v) is 26.6. The Morgan fingerprint density at radius 3 is 1.45 bits per heavy atom. The van der Waals surface area contributed by atoms with E-state index in [1.807, 2.05) is 0 Å². The van der Waals surface area contributed by atoms with E-state index in [9.17, 15) is 0 Å². The maximum Gasteiger partial charge on any atom is 0.136 e. The van der Waals surface area contributed by atoms with Gasteiger partial charge in [-0.05, 0) is 111 Å². The maximum atomic E-state index is 6.57. The van der Waals surface area contributed by atoms with E-state index in [-0.39, 0.29) is 0 Å². The van der Waals surface area contributed by atoms with Crippen molar-refractivity contribution in [1.29, 1.82) is 0 Å². The Bertz CT molecular complexity index is 3090. The molecule has 0 aliphatic carbocycles. The quantitative estimate of drug-likeness (QED) is 0.138. The fourth-order valence-corrected chi connectivity index (χ4v) is 8.50. The Balaban J connectivity index is 1.24. The van der Waals surface area contributed by atoms with Gasteiger partial charge in [-0.15, -0.1) is 0 Å². The van der Waals surface area contributed by atoms with E-state index >= 15 is 0 Å². The second-order valence-electron chi connectivity index (χ2n) is 13.2. The van der Waals surface area contributed by atoms with Crippen LogP contribution in [0.5, 0.6) is 0 Å². The molecule has 10 aromatic carbocycles. The third-order valence-corrected chi connectivity index (χ3v) is 10.6. The first-order valence-corrected chi connectivity index (χ1v) is 16.9. The molecule has 49 heavy (non-hydrogen) atoms. The Labute approximate surface area is 282 Å². The predicted molar refractivity (Wildman–Crippen MR) is 210 cm³/mol. The predicted octanol–water partition coefficient (Wildman–Crippen LogP) is 13.8. The Morgan fingerprint density at radius 1 is 0.265 bits per heavy atom. The molecular weight excluding hydrogens is 593 g/mol. The van der Waals surface area contributed by atoms with Crippen LogP contribution in [0.1, 0.15) is 0 Å².